The van der Waals surface area contributed by atoms with Crippen molar-refractivity contribution >= 4 is 5.91 Å². The molecule has 0 radical (unpaired) electrons. The summed E-state index contributed by atoms with van der Waals surface area (Å²) < 4.78 is 0. The number of nitrogens with one attached hydrogen (secondary N) is 1. The van der Waals surface area contributed by atoms with Crippen LogP contribution in [0.5, 0.6) is 0 Å². The topological polar surface area (TPSA) is 32.3 Å². The van der Waals surface area contributed by atoms with Crippen molar-refractivity contribution in [2.24, 2.45) is 11.3 Å². The molecule has 0 aromatic heterocycles. The molecule has 0 saturated carbocycles. The van der Waals surface area contributed by atoms with Crippen molar-refractivity contribution in [1.82, 2.24) is 10.2 Å². The summed E-state index contributed by atoms with van der Waals surface area (Å²) in [5.74, 6) is 1.25. The van der Waals surface area contributed by atoms with Crippen LogP contribution in [0.1, 0.15) is 52.4 Å². The van der Waals surface area contributed by atoms with E-state index < -0.39 is 0 Å². The molecule has 1 N–H and O–H groups in total. The highest BCUT2D eigenvalue weighted by Gasteiger charge is 2.38. The molecular weight excluding hydrogens is 224 g/mol. The van der Waals surface area contributed by atoms with E-state index in [0.29, 0.717) is 5.91 Å². The quantitative estimate of drug-likeness (QED) is 0.836. The Bertz CT molecular complexity index is 276. The number of rotatable bonds is 3. The summed E-state index contributed by atoms with van der Waals surface area (Å²) in [4.78, 5) is 14.7. The number of likely N-dealkylation sites (tertiary alicyclic amines) is 1. The summed E-state index contributed by atoms with van der Waals surface area (Å²) in [7, 11) is 0. The molecule has 0 aromatic carbocycles. The van der Waals surface area contributed by atoms with Gasteiger partial charge in [-0.3, -0.25) is 4.79 Å². The van der Waals surface area contributed by atoms with Crippen molar-refractivity contribution in [1.29, 1.82) is 0 Å². The Kier molecular flexibility index (Phi) is 4.66. The zero-order chi connectivity index (χ0) is 13.0. The molecule has 0 aromatic rings. The van der Waals surface area contributed by atoms with Gasteiger partial charge in [0.15, 0.2) is 0 Å². The largest absolute Gasteiger partial charge is 0.342 e. The fourth-order valence-corrected chi connectivity index (χ4v) is 3.45. The molecule has 1 atom stereocenters. The Morgan fingerprint density at radius 2 is 2.11 bits per heavy atom. The average molecular weight is 252 g/mol. The molecule has 2 aliphatic heterocycles. The van der Waals surface area contributed by atoms with Crippen LogP contribution in [0.4, 0.5) is 0 Å². The normalized spacial score (nSPS) is 30.4. The van der Waals surface area contributed by atoms with E-state index in [4.69, 9.17) is 0 Å². The molecule has 2 heterocycles. The van der Waals surface area contributed by atoms with E-state index in [-0.39, 0.29) is 5.41 Å². The molecule has 3 heteroatoms. The maximum Gasteiger partial charge on any atom is 0.229 e. The summed E-state index contributed by atoms with van der Waals surface area (Å²) in [6.07, 6.45) is 7.22. The number of piperidine rings is 2. The first-order valence-electron chi connectivity index (χ1n) is 7.66. The zero-order valence-corrected chi connectivity index (χ0v) is 12.0. The van der Waals surface area contributed by atoms with Crippen LogP contribution in [0.15, 0.2) is 0 Å². The molecule has 18 heavy (non-hydrogen) atoms. The first-order valence-corrected chi connectivity index (χ1v) is 7.66. The highest BCUT2D eigenvalue weighted by molar-refractivity contribution is 5.82. The van der Waals surface area contributed by atoms with E-state index >= 15 is 0 Å². The molecule has 2 saturated heterocycles. The van der Waals surface area contributed by atoms with Crippen molar-refractivity contribution in [3.8, 4) is 0 Å². The standard InChI is InChI=1S/C15H28N2O/c1-3-5-13-6-10-17(11-7-13)14(18)15(2)8-4-9-16-12-15/h13,16H,3-12H2,1-2H3. The molecule has 2 aliphatic rings. The zero-order valence-electron chi connectivity index (χ0n) is 12.0. The number of hydrogen-bond donors (Lipinski definition) is 1. The van der Waals surface area contributed by atoms with Gasteiger partial charge in [0.2, 0.25) is 5.91 Å². The summed E-state index contributed by atoms with van der Waals surface area (Å²) in [6, 6.07) is 0. The average Bonchev–Trinajstić information content (AvgIpc) is 2.40. The minimum absolute atomic E-state index is 0.143. The van der Waals surface area contributed by atoms with Gasteiger partial charge in [-0.25, -0.2) is 0 Å². The SMILES string of the molecule is CCCC1CCN(C(=O)C2(C)CCCNC2)CC1. The summed E-state index contributed by atoms with van der Waals surface area (Å²) in [5, 5.41) is 3.38. The van der Waals surface area contributed by atoms with Gasteiger partial charge in [0.25, 0.3) is 0 Å². The lowest BCUT2D eigenvalue weighted by Crippen LogP contribution is -2.52. The smallest absolute Gasteiger partial charge is 0.229 e. The predicted molar refractivity (Wildman–Crippen MR) is 74.4 cm³/mol. The van der Waals surface area contributed by atoms with Crippen molar-refractivity contribution < 1.29 is 4.79 Å². The van der Waals surface area contributed by atoms with Gasteiger partial charge in [0.05, 0.1) is 5.41 Å². The molecule has 104 valence electrons. The minimum atomic E-state index is -0.143. The van der Waals surface area contributed by atoms with Gasteiger partial charge in [-0.1, -0.05) is 19.8 Å². The van der Waals surface area contributed by atoms with E-state index in [0.717, 1.165) is 44.9 Å². The van der Waals surface area contributed by atoms with Gasteiger partial charge >= 0.3 is 0 Å². The van der Waals surface area contributed by atoms with Gasteiger partial charge in [-0.15, -0.1) is 0 Å². The van der Waals surface area contributed by atoms with E-state index in [2.05, 4.69) is 24.1 Å². The highest BCUT2D eigenvalue weighted by Crippen LogP contribution is 2.30. The second-order valence-corrected chi connectivity index (χ2v) is 6.37. The number of carbonyl (C=O) groups excluding carboxylic acids is 1. The van der Waals surface area contributed by atoms with Crippen LogP contribution in [0.25, 0.3) is 0 Å². The van der Waals surface area contributed by atoms with Crippen LogP contribution in [0, 0.1) is 11.3 Å². The van der Waals surface area contributed by atoms with E-state index in [9.17, 15) is 4.79 Å². The first-order chi connectivity index (χ1) is 8.65. The van der Waals surface area contributed by atoms with E-state index in [1.54, 1.807) is 0 Å². The molecule has 0 aliphatic carbocycles. The molecular formula is C15H28N2O. The monoisotopic (exact) mass is 252 g/mol. The van der Waals surface area contributed by atoms with Crippen molar-refractivity contribution in [3.63, 3.8) is 0 Å². The third-order valence-electron chi connectivity index (χ3n) is 4.71. The van der Waals surface area contributed by atoms with Crippen LogP contribution >= 0.6 is 0 Å². The number of hydrogen-bond acceptors (Lipinski definition) is 2. The second-order valence-electron chi connectivity index (χ2n) is 6.37. The molecule has 3 nitrogen and oxygen atoms in total. The van der Waals surface area contributed by atoms with Crippen molar-refractivity contribution in [2.75, 3.05) is 26.2 Å². The summed E-state index contributed by atoms with van der Waals surface area (Å²) in [5.41, 5.74) is -0.143. The van der Waals surface area contributed by atoms with Gasteiger partial charge in [0, 0.05) is 19.6 Å². The summed E-state index contributed by atoms with van der Waals surface area (Å²) >= 11 is 0. The Morgan fingerprint density at radius 3 is 2.67 bits per heavy atom. The fourth-order valence-electron chi connectivity index (χ4n) is 3.45. The molecule has 0 spiro atoms. The Hall–Kier alpha value is -0.570. The molecule has 2 fully saturated rings. The van der Waals surface area contributed by atoms with Gasteiger partial charge in [0.1, 0.15) is 0 Å². The molecule has 1 amide bonds. The van der Waals surface area contributed by atoms with E-state index in [1.165, 1.54) is 25.7 Å². The predicted octanol–water partition coefficient (Wildman–Crippen LogP) is 2.41. The van der Waals surface area contributed by atoms with Gasteiger partial charge in [-0.2, -0.15) is 0 Å². The van der Waals surface area contributed by atoms with Crippen LogP contribution in [0.2, 0.25) is 0 Å². The lowest BCUT2D eigenvalue weighted by atomic mass is 9.80. The van der Waals surface area contributed by atoms with Crippen LogP contribution in [-0.2, 0) is 4.79 Å². The number of nitrogens with zero attached hydrogens (tertiary/aromatic N) is 1. The van der Waals surface area contributed by atoms with E-state index in [1.807, 2.05) is 0 Å². The van der Waals surface area contributed by atoms with Crippen molar-refractivity contribution in [3.05, 3.63) is 0 Å². The first kappa shape index (κ1) is 13.9. The molecule has 1 unspecified atom stereocenters. The number of amides is 1. The maximum absolute atomic E-state index is 12.6. The Balaban J connectivity index is 1.86. The number of carbonyl (C=O) groups is 1. The molecule has 0 bridgehead atoms. The van der Waals surface area contributed by atoms with Gasteiger partial charge < -0.3 is 10.2 Å². The fraction of sp³-hybridized carbons (Fsp3) is 0.933. The highest BCUT2D eigenvalue weighted by atomic mass is 16.2. The minimum Gasteiger partial charge on any atom is -0.342 e. The Labute approximate surface area is 111 Å². The maximum atomic E-state index is 12.6. The summed E-state index contributed by atoms with van der Waals surface area (Å²) in [6.45, 7) is 8.30. The van der Waals surface area contributed by atoms with Crippen molar-refractivity contribution in [2.45, 2.75) is 52.4 Å². The molecule has 2 rings (SSSR count). The third kappa shape index (κ3) is 3.05. The van der Waals surface area contributed by atoms with Gasteiger partial charge in [-0.05, 0) is 45.1 Å². The lowest BCUT2D eigenvalue weighted by Gasteiger charge is -2.40. The third-order valence-corrected chi connectivity index (χ3v) is 4.71. The van der Waals surface area contributed by atoms with Crippen LogP contribution in [0.3, 0.4) is 0 Å². The Morgan fingerprint density at radius 1 is 1.39 bits per heavy atom. The lowest BCUT2D eigenvalue weighted by molar-refractivity contribution is -0.143. The van der Waals surface area contributed by atoms with Crippen LogP contribution in [-0.4, -0.2) is 37.0 Å². The van der Waals surface area contributed by atoms with Crippen LogP contribution < -0.4 is 5.32 Å². The second kappa shape index (κ2) is 6.05.